The van der Waals surface area contributed by atoms with Gasteiger partial charge in [0.15, 0.2) is 5.76 Å². The van der Waals surface area contributed by atoms with Gasteiger partial charge in [-0.15, -0.1) is 0 Å². The Hall–Kier alpha value is -4.98. The van der Waals surface area contributed by atoms with Crippen LogP contribution in [0.1, 0.15) is 5.56 Å². The number of aliphatic carboxylic acids is 1. The van der Waals surface area contributed by atoms with Crippen molar-refractivity contribution in [3.05, 3.63) is 101 Å². The highest BCUT2D eigenvalue weighted by Gasteiger charge is 2.17. The SMILES string of the molecule is O=C(O)Cn1cc(C=Nn2c(-c3cc4ccccc4o3)nc3ccccc3c2=O)c2ccccc21. The normalized spacial score (nSPS) is 11.8. The fourth-order valence-electron chi connectivity index (χ4n) is 4.26. The van der Waals surface area contributed by atoms with Gasteiger partial charge in [0, 0.05) is 28.0 Å². The smallest absolute Gasteiger partial charge is 0.323 e. The third kappa shape index (κ3) is 3.57. The molecule has 0 aliphatic heterocycles. The fourth-order valence-corrected chi connectivity index (χ4v) is 4.26. The van der Waals surface area contributed by atoms with Gasteiger partial charge in [-0.1, -0.05) is 48.5 Å². The van der Waals surface area contributed by atoms with Crippen molar-refractivity contribution in [2.45, 2.75) is 6.54 Å². The molecule has 35 heavy (non-hydrogen) atoms. The van der Waals surface area contributed by atoms with Crippen molar-refractivity contribution < 1.29 is 14.3 Å². The first-order chi connectivity index (χ1) is 17.1. The molecular weight excluding hydrogens is 444 g/mol. The number of carbonyl (C=O) groups is 1. The highest BCUT2D eigenvalue weighted by Crippen LogP contribution is 2.27. The second-order valence-corrected chi connectivity index (χ2v) is 8.09. The molecule has 6 rings (SSSR count). The van der Waals surface area contributed by atoms with Crippen LogP contribution in [-0.4, -0.2) is 31.5 Å². The number of nitrogens with zero attached hydrogens (tertiary/aromatic N) is 4. The molecule has 0 aliphatic carbocycles. The van der Waals surface area contributed by atoms with Gasteiger partial charge in [0.05, 0.1) is 17.1 Å². The van der Waals surface area contributed by atoms with Crippen LogP contribution in [0.15, 0.2) is 99.4 Å². The monoisotopic (exact) mass is 462 g/mol. The predicted octanol–water partition coefficient (Wildman–Crippen LogP) is 4.73. The zero-order valence-corrected chi connectivity index (χ0v) is 18.3. The van der Waals surface area contributed by atoms with Crippen molar-refractivity contribution in [1.82, 2.24) is 14.2 Å². The number of benzene rings is 3. The van der Waals surface area contributed by atoms with E-state index in [0.29, 0.717) is 27.8 Å². The van der Waals surface area contributed by atoms with Gasteiger partial charge >= 0.3 is 5.97 Å². The van der Waals surface area contributed by atoms with E-state index in [2.05, 4.69) is 5.10 Å². The van der Waals surface area contributed by atoms with Gasteiger partial charge in [-0.2, -0.15) is 9.78 Å². The Bertz CT molecular complexity index is 1810. The fraction of sp³-hybridized carbons (Fsp3) is 0.0370. The summed E-state index contributed by atoms with van der Waals surface area (Å²) in [6, 6.07) is 23.9. The number of para-hydroxylation sites is 3. The van der Waals surface area contributed by atoms with E-state index in [1.165, 1.54) is 4.68 Å². The molecule has 0 saturated heterocycles. The van der Waals surface area contributed by atoms with E-state index in [9.17, 15) is 14.7 Å². The number of aromatic nitrogens is 3. The maximum absolute atomic E-state index is 13.5. The molecule has 8 nitrogen and oxygen atoms in total. The van der Waals surface area contributed by atoms with Crippen molar-refractivity contribution in [3.8, 4) is 11.6 Å². The van der Waals surface area contributed by atoms with Gasteiger partial charge in [0.25, 0.3) is 5.56 Å². The van der Waals surface area contributed by atoms with Crippen LogP contribution < -0.4 is 5.56 Å². The van der Waals surface area contributed by atoms with E-state index in [1.807, 2.05) is 60.7 Å². The lowest BCUT2D eigenvalue weighted by atomic mass is 10.2. The molecule has 1 N–H and O–H groups in total. The summed E-state index contributed by atoms with van der Waals surface area (Å²) >= 11 is 0. The number of furan rings is 1. The summed E-state index contributed by atoms with van der Waals surface area (Å²) in [6.45, 7) is -0.184. The van der Waals surface area contributed by atoms with E-state index in [1.54, 1.807) is 35.2 Å². The van der Waals surface area contributed by atoms with E-state index in [0.717, 1.165) is 16.3 Å². The average Bonchev–Trinajstić information content (AvgIpc) is 3.45. The Kier molecular flexibility index (Phi) is 4.77. The molecule has 3 aromatic carbocycles. The molecule has 0 fully saturated rings. The molecule has 0 unspecified atom stereocenters. The first-order valence-corrected chi connectivity index (χ1v) is 10.9. The average molecular weight is 462 g/mol. The number of fused-ring (bicyclic) bond motifs is 3. The highest BCUT2D eigenvalue weighted by atomic mass is 16.4. The number of carboxylic acids is 1. The molecule has 0 bridgehead atoms. The zero-order chi connectivity index (χ0) is 23.9. The second kappa shape index (κ2) is 8.11. The zero-order valence-electron chi connectivity index (χ0n) is 18.3. The van der Waals surface area contributed by atoms with Crippen molar-refractivity contribution in [2.24, 2.45) is 5.10 Å². The molecule has 0 radical (unpaired) electrons. The van der Waals surface area contributed by atoms with E-state index >= 15 is 0 Å². The van der Waals surface area contributed by atoms with Crippen LogP contribution in [0.3, 0.4) is 0 Å². The Morgan fingerprint density at radius 1 is 1.00 bits per heavy atom. The molecule has 6 aromatic rings. The topological polar surface area (TPSA) is 103 Å². The van der Waals surface area contributed by atoms with Crippen molar-refractivity contribution in [3.63, 3.8) is 0 Å². The van der Waals surface area contributed by atoms with Crippen molar-refractivity contribution in [2.75, 3.05) is 0 Å². The molecule has 0 saturated carbocycles. The van der Waals surface area contributed by atoms with Gasteiger partial charge in [-0.05, 0) is 30.3 Å². The Balaban J connectivity index is 1.56. The maximum atomic E-state index is 13.5. The van der Waals surface area contributed by atoms with Gasteiger partial charge in [-0.25, -0.2) is 4.98 Å². The number of rotatable bonds is 5. The summed E-state index contributed by atoms with van der Waals surface area (Å²) < 4.78 is 8.87. The van der Waals surface area contributed by atoms with Crippen LogP contribution in [0, 0.1) is 0 Å². The quantitative estimate of drug-likeness (QED) is 0.373. The van der Waals surface area contributed by atoms with Crippen molar-refractivity contribution >= 4 is 45.0 Å². The first-order valence-electron chi connectivity index (χ1n) is 10.9. The van der Waals surface area contributed by atoms with E-state index in [4.69, 9.17) is 9.40 Å². The predicted molar refractivity (Wildman–Crippen MR) is 134 cm³/mol. The third-order valence-corrected chi connectivity index (χ3v) is 5.84. The van der Waals surface area contributed by atoms with Crippen LogP contribution >= 0.6 is 0 Å². The lowest BCUT2D eigenvalue weighted by molar-refractivity contribution is -0.137. The summed E-state index contributed by atoms with van der Waals surface area (Å²) in [5, 5.41) is 15.9. The van der Waals surface area contributed by atoms with Crippen LogP contribution in [0.4, 0.5) is 0 Å². The lowest BCUT2D eigenvalue weighted by Gasteiger charge is -2.07. The van der Waals surface area contributed by atoms with Gasteiger partial charge < -0.3 is 14.1 Å². The number of carboxylic acid groups (broad SMARTS) is 1. The standard InChI is InChI=1S/C27H18N4O4/c32-25(33)16-30-15-18(19-8-3-5-11-22(19)30)14-28-31-26(24-13-17-7-1-6-12-23(17)35-24)29-21-10-4-2-9-20(21)27(31)34/h1-15H,16H2,(H,32,33). The molecular formula is C27H18N4O4. The van der Waals surface area contributed by atoms with Gasteiger partial charge in [-0.3, -0.25) is 9.59 Å². The Morgan fingerprint density at radius 2 is 1.74 bits per heavy atom. The highest BCUT2D eigenvalue weighted by molar-refractivity contribution is 6.00. The van der Waals surface area contributed by atoms with Crippen LogP contribution in [0.25, 0.3) is 44.4 Å². The number of hydrogen-bond acceptors (Lipinski definition) is 5. The van der Waals surface area contributed by atoms with Crippen LogP contribution in [-0.2, 0) is 11.3 Å². The van der Waals surface area contributed by atoms with Gasteiger partial charge in [0.1, 0.15) is 12.1 Å². The van der Waals surface area contributed by atoms with Crippen LogP contribution in [0.2, 0.25) is 0 Å². The first kappa shape index (κ1) is 20.6. The molecule has 3 aromatic heterocycles. The molecule has 170 valence electrons. The summed E-state index contributed by atoms with van der Waals surface area (Å²) in [6.07, 6.45) is 3.26. The summed E-state index contributed by atoms with van der Waals surface area (Å²) in [5.74, 6) is -0.258. The van der Waals surface area contributed by atoms with Crippen molar-refractivity contribution in [1.29, 1.82) is 0 Å². The minimum absolute atomic E-state index is 0.184. The molecule has 3 heterocycles. The Labute approximate surface area is 198 Å². The van der Waals surface area contributed by atoms with E-state index < -0.39 is 5.97 Å². The minimum atomic E-state index is -0.948. The lowest BCUT2D eigenvalue weighted by Crippen LogP contribution is -2.20. The number of hydrogen-bond donors (Lipinski definition) is 1. The molecule has 0 amide bonds. The second-order valence-electron chi connectivity index (χ2n) is 8.09. The van der Waals surface area contributed by atoms with Crippen LogP contribution in [0.5, 0.6) is 0 Å². The summed E-state index contributed by atoms with van der Waals surface area (Å²) in [4.78, 5) is 29.5. The van der Waals surface area contributed by atoms with Gasteiger partial charge in [0.2, 0.25) is 5.82 Å². The maximum Gasteiger partial charge on any atom is 0.323 e. The largest absolute Gasteiger partial charge is 0.480 e. The Morgan fingerprint density at radius 3 is 2.57 bits per heavy atom. The minimum Gasteiger partial charge on any atom is -0.480 e. The summed E-state index contributed by atoms with van der Waals surface area (Å²) in [7, 11) is 0. The molecule has 0 aliphatic rings. The summed E-state index contributed by atoms with van der Waals surface area (Å²) in [5.41, 5.74) is 2.32. The van der Waals surface area contributed by atoms with E-state index in [-0.39, 0.29) is 17.9 Å². The molecule has 8 heteroatoms. The third-order valence-electron chi connectivity index (χ3n) is 5.84. The molecule has 0 spiro atoms. The molecule has 0 atom stereocenters.